The molecule has 0 unspecified atom stereocenters. The average molecular weight is 398 g/mol. The number of nitrogens with two attached hydrogens (primary N) is 1. The van der Waals surface area contributed by atoms with Crippen molar-refractivity contribution in [2.75, 3.05) is 11.1 Å². The molecule has 29 heavy (non-hydrogen) atoms. The van der Waals surface area contributed by atoms with Crippen LogP contribution in [-0.4, -0.2) is 15.9 Å². The molecule has 3 N–H and O–H groups in total. The Labute approximate surface area is 172 Å². The third kappa shape index (κ3) is 3.28. The van der Waals surface area contributed by atoms with Crippen LogP contribution >= 0.6 is 11.3 Å². The van der Waals surface area contributed by atoms with Gasteiger partial charge in [0.25, 0.3) is 5.91 Å². The molecule has 1 aliphatic carbocycles. The Hall–Kier alpha value is -3.51. The van der Waals surface area contributed by atoms with Gasteiger partial charge in [0.05, 0.1) is 16.3 Å². The molecule has 4 aromatic rings. The Morgan fingerprint density at radius 1 is 0.966 bits per heavy atom. The summed E-state index contributed by atoms with van der Waals surface area (Å²) in [6.07, 6.45) is 1.62. The molecule has 0 atom stereocenters. The van der Waals surface area contributed by atoms with Crippen LogP contribution in [0.4, 0.5) is 11.5 Å². The van der Waals surface area contributed by atoms with Crippen LogP contribution in [0.5, 0.6) is 0 Å². The summed E-state index contributed by atoms with van der Waals surface area (Å²) in [6.45, 7) is 0. The van der Waals surface area contributed by atoms with Crippen molar-refractivity contribution in [2.45, 2.75) is 12.8 Å². The van der Waals surface area contributed by atoms with E-state index in [1.165, 1.54) is 5.56 Å². The molecule has 2 heterocycles. The van der Waals surface area contributed by atoms with Gasteiger partial charge in [-0.1, -0.05) is 30.3 Å². The van der Waals surface area contributed by atoms with Gasteiger partial charge < -0.3 is 11.1 Å². The lowest BCUT2D eigenvalue weighted by atomic mass is 9.91. The molecule has 1 aliphatic rings. The van der Waals surface area contributed by atoms with Crippen LogP contribution in [0.1, 0.15) is 21.6 Å². The fraction of sp³-hybridized carbons (Fsp3) is 0.0870. The molecule has 6 heteroatoms. The van der Waals surface area contributed by atoms with E-state index in [-0.39, 0.29) is 5.91 Å². The molecule has 2 aromatic carbocycles. The molecule has 5 rings (SSSR count). The smallest absolute Gasteiger partial charge is 0.256 e. The van der Waals surface area contributed by atoms with E-state index in [0.717, 1.165) is 40.4 Å². The highest BCUT2D eigenvalue weighted by molar-refractivity contribution is 7.13. The maximum Gasteiger partial charge on any atom is 0.256 e. The summed E-state index contributed by atoms with van der Waals surface area (Å²) in [5.41, 5.74) is 12.0. The number of nitrogen functional groups attached to an aromatic ring is 1. The van der Waals surface area contributed by atoms with Crippen molar-refractivity contribution in [3.05, 3.63) is 82.9 Å². The SMILES string of the molecule is Nc1ccc2c(c1)CCc1nc(NC(=O)c3ccccc3)c(-c3cccs3)nc1-2. The van der Waals surface area contributed by atoms with Gasteiger partial charge in [-0.05, 0) is 54.1 Å². The van der Waals surface area contributed by atoms with Crippen LogP contribution in [0.3, 0.4) is 0 Å². The van der Waals surface area contributed by atoms with E-state index in [9.17, 15) is 4.79 Å². The van der Waals surface area contributed by atoms with Gasteiger partial charge in [0.15, 0.2) is 5.82 Å². The maximum atomic E-state index is 12.8. The number of nitrogens with zero attached hydrogens (tertiary/aromatic N) is 2. The first-order valence-electron chi connectivity index (χ1n) is 9.39. The summed E-state index contributed by atoms with van der Waals surface area (Å²) in [4.78, 5) is 23.5. The molecule has 1 amide bonds. The first-order valence-corrected chi connectivity index (χ1v) is 10.3. The van der Waals surface area contributed by atoms with Gasteiger partial charge in [-0.15, -0.1) is 11.3 Å². The molecular weight excluding hydrogens is 380 g/mol. The second-order valence-corrected chi connectivity index (χ2v) is 7.88. The molecule has 0 saturated heterocycles. The van der Waals surface area contributed by atoms with Crippen LogP contribution in [0.15, 0.2) is 66.0 Å². The lowest BCUT2D eigenvalue weighted by Gasteiger charge is -2.21. The minimum atomic E-state index is -0.193. The van der Waals surface area contributed by atoms with Crippen molar-refractivity contribution >= 4 is 28.7 Å². The number of nitrogens with one attached hydrogen (secondary N) is 1. The van der Waals surface area contributed by atoms with Gasteiger partial charge in [-0.25, -0.2) is 9.97 Å². The lowest BCUT2D eigenvalue weighted by molar-refractivity contribution is 0.102. The number of aromatic nitrogens is 2. The van der Waals surface area contributed by atoms with E-state index < -0.39 is 0 Å². The monoisotopic (exact) mass is 398 g/mol. The minimum Gasteiger partial charge on any atom is -0.399 e. The molecule has 2 aromatic heterocycles. The zero-order valence-corrected chi connectivity index (χ0v) is 16.4. The number of benzene rings is 2. The number of rotatable bonds is 3. The second-order valence-electron chi connectivity index (χ2n) is 6.93. The van der Waals surface area contributed by atoms with Crippen LogP contribution in [0, 0.1) is 0 Å². The van der Waals surface area contributed by atoms with E-state index in [4.69, 9.17) is 15.7 Å². The molecule has 0 spiro atoms. The number of fused-ring (bicyclic) bond motifs is 3. The zero-order chi connectivity index (χ0) is 19.8. The van der Waals surface area contributed by atoms with E-state index >= 15 is 0 Å². The minimum absolute atomic E-state index is 0.193. The summed E-state index contributed by atoms with van der Waals surface area (Å²) < 4.78 is 0. The van der Waals surface area contributed by atoms with Gasteiger partial charge in [0, 0.05) is 16.8 Å². The number of carbonyl (C=O) groups is 1. The van der Waals surface area contributed by atoms with Crippen LogP contribution < -0.4 is 11.1 Å². The predicted octanol–water partition coefficient (Wildman–Crippen LogP) is 4.81. The summed E-state index contributed by atoms with van der Waals surface area (Å²) >= 11 is 1.57. The summed E-state index contributed by atoms with van der Waals surface area (Å²) in [7, 11) is 0. The van der Waals surface area contributed by atoms with Crippen molar-refractivity contribution in [1.29, 1.82) is 0 Å². The molecule has 0 radical (unpaired) electrons. The van der Waals surface area contributed by atoms with Crippen molar-refractivity contribution in [1.82, 2.24) is 9.97 Å². The second kappa shape index (κ2) is 7.14. The Morgan fingerprint density at radius 3 is 2.62 bits per heavy atom. The summed E-state index contributed by atoms with van der Waals surface area (Å²) in [5.74, 6) is 0.306. The fourth-order valence-electron chi connectivity index (χ4n) is 3.61. The molecule has 0 aliphatic heterocycles. The number of carbonyl (C=O) groups excluding carboxylic acids is 1. The van der Waals surface area contributed by atoms with E-state index in [2.05, 4.69) is 5.32 Å². The predicted molar refractivity (Wildman–Crippen MR) is 117 cm³/mol. The number of hydrogen-bond donors (Lipinski definition) is 2. The zero-order valence-electron chi connectivity index (χ0n) is 15.6. The highest BCUT2D eigenvalue weighted by atomic mass is 32.1. The van der Waals surface area contributed by atoms with Crippen LogP contribution in [0.25, 0.3) is 21.8 Å². The van der Waals surface area contributed by atoms with Crippen LogP contribution in [0.2, 0.25) is 0 Å². The van der Waals surface area contributed by atoms with Crippen molar-refractivity contribution < 1.29 is 4.79 Å². The van der Waals surface area contributed by atoms with Gasteiger partial charge >= 0.3 is 0 Å². The van der Waals surface area contributed by atoms with E-state index in [1.54, 1.807) is 23.5 Å². The first-order chi connectivity index (χ1) is 14.2. The molecule has 0 saturated carbocycles. The number of thiophene rings is 1. The molecule has 0 fully saturated rings. The quantitative estimate of drug-likeness (QED) is 0.486. The summed E-state index contributed by atoms with van der Waals surface area (Å²) in [6, 6.07) is 19.0. The largest absolute Gasteiger partial charge is 0.399 e. The summed E-state index contributed by atoms with van der Waals surface area (Å²) in [5, 5.41) is 4.97. The maximum absolute atomic E-state index is 12.8. The highest BCUT2D eigenvalue weighted by Crippen LogP contribution is 2.37. The van der Waals surface area contributed by atoms with E-state index in [0.29, 0.717) is 17.1 Å². The number of amides is 1. The van der Waals surface area contributed by atoms with Gasteiger partial charge in [-0.2, -0.15) is 0 Å². The van der Waals surface area contributed by atoms with E-state index in [1.807, 2.05) is 53.9 Å². The third-order valence-electron chi connectivity index (χ3n) is 5.01. The number of anilines is 2. The standard InChI is InChI=1S/C23H18N4OS/c24-16-9-10-17-15(13-16)8-11-18-20(17)26-21(19-7-4-12-29-19)22(25-18)27-23(28)14-5-2-1-3-6-14/h1-7,9-10,12-13H,8,11,24H2,(H,25,27,28). The fourth-order valence-corrected chi connectivity index (χ4v) is 4.32. The van der Waals surface area contributed by atoms with Gasteiger partial charge in [0.2, 0.25) is 0 Å². The Balaban J connectivity index is 1.62. The molecule has 5 nitrogen and oxygen atoms in total. The third-order valence-corrected chi connectivity index (χ3v) is 5.88. The highest BCUT2D eigenvalue weighted by Gasteiger charge is 2.23. The normalized spacial score (nSPS) is 12.1. The lowest BCUT2D eigenvalue weighted by Crippen LogP contribution is -2.17. The van der Waals surface area contributed by atoms with Gasteiger partial charge in [0.1, 0.15) is 5.69 Å². The number of hydrogen-bond acceptors (Lipinski definition) is 5. The Bertz CT molecular complexity index is 1200. The molecule has 142 valence electrons. The molecule has 0 bridgehead atoms. The number of aryl methyl sites for hydroxylation is 2. The topological polar surface area (TPSA) is 80.9 Å². The average Bonchev–Trinajstić information content (AvgIpc) is 3.28. The Kier molecular flexibility index (Phi) is 4.33. The van der Waals surface area contributed by atoms with Crippen molar-refractivity contribution in [3.63, 3.8) is 0 Å². The Morgan fingerprint density at radius 2 is 1.83 bits per heavy atom. The van der Waals surface area contributed by atoms with Crippen molar-refractivity contribution in [2.24, 2.45) is 0 Å². The van der Waals surface area contributed by atoms with Crippen molar-refractivity contribution in [3.8, 4) is 21.8 Å². The first kappa shape index (κ1) is 17.6. The molecular formula is C23H18N4OS. The van der Waals surface area contributed by atoms with Crippen LogP contribution in [-0.2, 0) is 12.8 Å². The van der Waals surface area contributed by atoms with Gasteiger partial charge in [-0.3, -0.25) is 4.79 Å².